The predicted molar refractivity (Wildman–Crippen MR) is 93.3 cm³/mol. The van der Waals surface area contributed by atoms with Crippen LogP contribution in [0.1, 0.15) is 39.8 Å². The molecule has 132 valence electrons. The van der Waals surface area contributed by atoms with Crippen LogP contribution in [0.3, 0.4) is 0 Å². The molecule has 2 aromatic heterocycles. The number of aryl methyl sites for hydroxylation is 1. The van der Waals surface area contributed by atoms with Gasteiger partial charge in [-0.1, -0.05) is 0 Å². The number of hydrogen-bond acceptors (Lipinski definition) is 6. The minimum atomic E-state index is -2.98. The highest BCUT2D eigenvalue weighted by molar-refractivity contribution is 7.91. The number of carbonyl (C=O) groups is 1. The summed E-state index contributed by atoms with van der Waals surface area (Å²) in [6.07, 6.45) is 5.18. The van der Waals surface area contributed by atoms with E-state index in [0.717, 1.165) is 17.0 Å². The molecule has 3 heterocycles. The summed E-state index contributed by atoms with van der Waals surface area (Å²) in [5, 5.41) is 8.45. The van der Waals surface area contributed by atoms with Gasteiger partial charge >= 0.3 is 0 Å². The smallest absolute Gasteiger partial charge is 0.267 e. The van der Waals surface area contributed by atoms with E-state index in [1.54, 1.807) is 16.8 Å². The lowest BCUT2D eigenvalue weighted by atomic mass is 10.2. The van der Waals surface area contributed by atoms with Crippen molar-refractivity contribution in [3.63, 3.8) is 0 Å². The summed E-state index contributed by atoms with van der Waals surface area (Å²) in [6, 6.07) is 3.05. The molecule has 3 rings (SSSR count). The molecular formula is C16H19N5O3S. The number of hydrogen-bond donors (Lipinski definition) is 1. The molecule has 9 heteroatoms. The number of rotatable bonds is 4. The van der Waals surface area contributed by atoms with Crippen LogP contribution < -0.4 is 5.43 Å². The van der Waals surface area contributed by atoms with Gasteiger partial charge in [0.25, 0.3) is 5.91 Å². The molecule has 2 aromatic rings. The lowest BCUT2D eigenvalue weighted by Crippen LogP contribution is -2.17. The van der Waals surface area contributed by atoms with E-state index in [4.69, 9.17) is 0 Å². The lowest BCUT2D eigenvalue weighted by Gasteiger charge is -2.10. The molecule has 25 heavy (non-hydrogen) atoms. The van der Waals surface area contributed by atoms with Crippen LogP contribution in [0.5, 0.6) is 0 Å². The van der Waals surface area contributed by atoms with Gasteiger partial charge in [0.2, 0.25) is 0 Å². The minimum absolute atomic E-state index is 0.115. The van der Waals surface area contributed by atoms with E-state index in [0.29, 0.717) is 12.0 Å². The maximum absolute atomic E-state index is 12.0. The number of amides is 1. The molecule has 0 spiro atoms. The van der Waals surface area contributed by atoms with Gasteiger partial charge in [-0.3, -0.25) is 14.5 Å². The number of hydrazone groups is 1. The third-order valence-corrected chi connectivity index (χ3v) is 5.99. The standard InChI is InChI=1S/C16H19N5O3S/c1-11-15(9-18-19-16(22)13-3-6-17-7-4-13)12(2)21(20-11)14-5-8-25(23,24)10-14/h3-4,6-7,9,14H,5,8,10H2,1-2H3,(H,19,22)/b18-9-/t14-/m1/s1. The predicted octanol–water partition coefficient (Wildman–Crippen LogP) is 1.02. The molecule has 1 N–H and O–H groups in total. The van der Waals surface area contributed by atoms with Crippen LogP contribution in [0.15, 0.2) is 29.6 Å². The summed E-state index contributed by atoms with van der Waals surface area (Å²) in [7, 11) is -2.98. The first-order valence-electron chi connectivity index (χ1n) is 7.87. The van der Waals surface area contributed by atoms with Gasteiger partial charge in [-0.05, 0) is 32.4 Å². The van der Waals surface area contributed by atoms with Crippen molar-refractivity contribution in [2.45, 2.75) is 26.3 Å². The SMILES string of the molecule is Cc1nn([C@@H]2CCS(=O)(=O)C2)c(C)c1/C=N\NC(=O)c1ccncc1. The quantitative estimate of drug-likeness (QED) is 0.646. The highest BCUT2D eigenvalue weighted by Crippen LogP contribution is 2.26. The monoisotopic (exact) mass is 361 g/mol. The van der Waals surface area contributed by atoms with E-state index in [1.807, 2.05) is 13.8 Å². The summed E-state index contributed by atoms with van der Waals surface area (Å²) in [4.78, 5) is 15.8. The Morgan fingerprint density at radius 3 is 2.72 bits per heavy atom. The number of carbonyl (C=O) groups excluding carboxylic acids is 1. The Bertz CT molecular complexity index is 919. The molecule has 0 aromatic carbocycles. The van der Waals surface area contributed by atoms with E-state index >= 15 is 0 Å². The molecule has 8 nitrogen and oxygen atoms in total. The van der Waals surface area contributed by atoms with Crippen LogP contribution in [0.2, 0.25) is 0 Å². The van der Waals surface area contributed by atoms with Crippen LogP contribution in [0.4, 0.5) is 0 Å². The molecule has 1 atom stereocenters. The molecule has 1 amide bonds. The zero-order valence-electron chi connectivity index (χ0n) is 14.0. The third kappa shape index (κ3) is 3.76. The summed E-state index contributed by atoms with van der Waals surface area (Å²) in [5.74, 6) is -0.0191. The maximum Gasteiger partial charge on any atom is 0.271 e. The van der Waals surface area contributed by atoms with Crippen molar-refractivity contribution in [2.75, 3.05) is 11.5 Å². The maximum atomic E-state index is 12.0. The molecule has 1 aliphatic rings. The van der Waals surface area contributed by atoms with Crippen molar-refractivity contribution < 1.29 is 13.2 Å². The molecule has 0 radical (unpaired) electrons. The van der Waals surface area contributed by atoms with Crippen LogP contribution in [0, 0.1) is 13.8 Å². The summed E-state index contributed by atoms with van der Waals surface area (Å²) in [5.41, 5.74) is 5.28. The van der Waals surface area contributed by atoms with E-state index in [2.05, 4.69) is 20.6 Å². The number of pyridine rings is 1. The van der Waals surface area contributed by atoms with Crippen LogP contribution in [0.25, 0.3) is 0 Å². The lowest BCUT2D eigenvalue weighted by molar-refractivity contribution is 0.0955. The van der Waals surface area contributed by atoms with Crippen LogP contribution >= 0.6 is 0 Å². The zero-order valence-corrected chi connectivity index (χ0v) is 14.8. The van der Waals surface area contributed by atoms with Gasteiger partial charge in [-0.2, -0.15) is 10.2 Å². The number of aromatic nitrogens is 3. The summed E-state index contributed by atoms with van der Waals surface area (Å²) in [6.45, 7) is 3.70. The van der Waals surface area contributed by atoms with E-state index < -0.39 is 9.84 Å². The largest absolute Gasteiger partial charge is 0.271 e. The molecule has 1 fully saturated rings. The third-order valence-electron chi connectivity index (χ3n) is 4.24. The first-order valence-corrected chi connectivity index (χ1v) is 9.69. The summed E-state index contributed by atoms with van der Waals surface area (Å²) >= 11 is 0. The second kappa shape index (κ2) is 6.75. The van der Waals surface area contributed by atoms with Crippen molar-refractivity contribution in [3.8, 4) is 0 Å². The first-order chi connectivity index (χ1) is 11.9. The van der Waals surface area contributed by atoms with Gasteiger partial charge in [0.15, 0.2) is 9.84 Å². The van der Waals surface area contributed by atoms with Gasteiger partial charge in [0.1, 0.15) is 0 Å². The van der Waals surface area contributed by atoms with Gasteiger partial charge in [-0.25, -0.2) is 13.8 Å². The van der Waals surface area contributed by atoms with Crippen molar-refractivity contribution in [1.29, 1.82) is 0 Å². The number of nitrogens with one attached hydrogen (secondary N) is 1. The molecular weight excluding hydrogens is 342 g/mol. The van der Waals surface area contributed by atoms with Crippen molar-refractivity contribution in [1.82, 2.24) is 20.2 Å². The molecule has 0 aliphatic carbocycles. The average Bonchev–Trinajstić information content (AvgIpc) is 3.08. The molecule has 0 bridgehead atoms. The number of nitrogens with zero attached hydrogens (tertiary/aromatic N) is 4. The van der Waals surface area contributed by atoms with Gasteiger partial charge in [-0.15, -0.1) is 0 Å². The molecule has 0 saturated carbocycles. The Kier molecular flexibility index (Phi) is 4.67. The van der Waals surface area contributed by atoms with E-state index in [1.165, 1.54) is 18.6 Å². The topological polar surface area (TPSA) is 106 Å². The number of sulfone groups is 1. The normalized spacial score (nSPS) is 19.4. The molecule has 1 saturated heterocycles. The Balaban J connectivity index is 1.74. The Hall–Kier alpha value is -2.55. The van der Waals surface area contributed by atoms with E-state index in [-0.39, 0.29) is 23.5 Å². The van der Waals surface area contributed by atoms with Gasteiger partial charge in [0.05, 0.1) is 29.5 Å². The van der Waals surface area contributed by atoms with Gasteiger partial charge in [0, 0.05) is 29.2 Å². The second-order valence-electron chi connectivity index (χ2n) is 6.02. The highest BCUT2D eigenvalue weighted by Gasteiger charge is 2.31. The van der Waals surface area contributed by atoms with Crippen molar-refractivity contribution in [2.24, 2.45) is 5.10 Å². The minimum Gasteiger partial charge on any atom is -0.267 e. The fourth-order valence-corrected chi connectivity index (χ4v) is 4.60. The Morgan fingerprint density at radius 1 is 1.36 bits per heavy atom. The zero-order chi connectivity index (χ0) is 18.0. The Labute approximate surface area is 145 Å². The second-order valence-corrected chi connectivity index (χ2v) is 8.25. The average molecular weight is 361 g/mol. The van der Waals surface area contributed by atoms with Crippen LogP contribution in [-0.2, 0) is 9.84 Å². The van der Waals surface area contributed by atoms with Crippen molar-refractivity contribution in [3.05, 3.63) is 47.0 Å². The fourth-order valence-electron chi connectivity index (χ4n) is 2.91. The van der Waals surface area contributed by atoms with Gasteiger partial charge < -0.3 is 0 Å². The van der Waals surface area contributed by atoms with Crippen LogP contribution in [-0.4, -0.2) is 46.8 Å². The first kappa shape index (κ1) is 17.3. The molecule has 0 unspecified atom stereocenters. The Morgan fingerprint density at radius 2 is 2.08 bits per heavy atom. The highest BCUT2D eigenvalue weighted by atomic mass is 32.2. The molecule has 1 aliphatic heterocycles. The summed E-state index contributed by atoms with van der Waals surface area (Å²) < 4.78 is 25.1. The van der Waals surface area contributed by atoms with E-state index in [9.17, 15) is 13.2 Å². The van der Waals surface area contributed by atoms with Crippen molar-refractivity contribution >= 4 is 22.0 Å². The fraction of sp³-hybridized carbons (Fsp3) is 0.375.